The number of unbranched alkanes of at least 4 members (excludes halogenated alkanes) is 7. The summed E-state index contributed by atoms with van der Waals surface area (Å²) in [5.74, 6) is 0.832. The Kier molecular flexibility index (Phi) is 18.4. The average molecular weight is 490 g/mol. The highest BCUT2D eigenvalue weighted by atomic mass is 35.5. The van der Waals surface area contributed by atoms with E-state index in [4.69, 9.17) is 11.6 Å². The topological polar surface area (TPSA) is 57.2 Å². The van der Waals surface area contributed by atoms with Crippen LogP contribution in [-0.4, -0.2) is 49.5 Å². The third kappa shape index (κ3) is 15.3. The van der Waals surface area contributed by atoms with Gasteiger partial charge in [-0.1, -0.05) is 57.7 Å². The molecule has 0 aromatic heterocycles. The van der Waals surface area contributed by atoms with E-state index >= 15 is 0 Å². The molecule has 188 valence electrons. The Morgan fingerprint density at radius 3 is 1.41 bits per heavy atom. The number of hydrogen-bond donors (Lipinski definition) is 0. The Balaban J connectivity index is 0.000000726. The second kappa shape index (κ2) is 18.8. The summed E-state index contributed by atoms with van der Waals surface area (Å²) in [6.45, 7) is 14.4. The van der Waals surface area contributed by atoms with Crippen LogP contribution < -0.4 is 0 Å². The number of nitrogens with zero attached hydrogens (tertiary/aromatic N) is 1. The van der Waals surface area contributed by atoms with Gasteiger partial charge in [0.25, 0.3) is 0 Å². The third-order valence-corrected chi connectivity index (χ3v) is 7.15. The largest absolute Gasteiger partial charge is 0.744 e. The zero-order valence-electron chi connectivity index (χ0n) is 21.1. The molecule has 1 aromatic carbocycles. The molecule has 0 aliphatic rings. The van der Waals surface area contributed by atoms with Crippen molar-refractivity contribution in [1.29, 1.82) is 0 Å². The van der Waals surface area contributed by atoms with Gasteiger partial charge in [0, 0.05) is 5.88 Å². The van der Waals surface area contributed by atoms with Gasteiger partial charge in [0.2, 0.25) is 0 Å². The predicted octanol–water partition coefficient (Wildman–Crippen LogP) is 7.29. The molecular weight excluding hydrogens is 442 g/mol. The quantitative estimate of drug-likeness (QED) is 0.0998. The SMILES string of the molecule is CCCCC[N+](CCCCC)(CCCCC)CCCCCl.Cc1ccc(S(=O)(=O)[O-])cc1. The van der Waals surface area contributed by atoms with E-state index in [1.165, 1.54) is 113 Å². The van der Waals surface area contributed by atoms with Gasteiger partial charge in [-0.25, -0.2) is 8.42 Å². The van der Waals surface area contributed by atoms with E-state index in [1.54, 1.807) is 12.1 Å². The molecule has 0 unspecified atom stereocenters. The molecule has 1 rings (SSSR count). The molecule has 0 heterocycles. The number of alkyl halides is 1. The Bertz CT molecular complexity index is 617. The highest BCUT2D eigenvalue weighted by Gasteiger charge is 2.25. The van der Waals surface area contributed by atoms with E-state index in [2.05, 4.69) is 20.8 Å². The molecule has 0 saturated heterocycles. The van der Waals surface area contributed by atoms with Crippen LogP contribution in [0, 0.1) is 6.92 Å². The van der Waals surface area contributed by atoms with Gasteiger partial charge in [-0.05, 0) is 70.4 Å². The van der Waals surface area contributed by atoms with Crippen LogP contribution in [0.4, 0.5) is 0 Å². The van der Waals surface area contributed by atoms with Crippen LogP contribution in [0.5, 0.6) is 0 Å². The minimum absolute atomic E-state index is 0.178. The average Bonchev–Trinajstić information content (AvgIpc) is 2.75. The fraction of sp³-hybridized carbons (Fsp3) is 0.769. The van der Waals surface area contributed by atoms with Crippen LogP contribution in [0.25, 0.3) is 0 Å². The van der Waals surface area contributed by atoms with E-state index in [-0.39, 0.29) is 4.90 Å². The molecule has 1 aromatic rings. The molecule has 0 N–H and O–H groups in total. The number of halogens is 1. The van der Waals surface area contributed by atoms with Crippen LogP contribution in [0.1, 0.15) is 97.0 Å². The Hall–Kier alpha value is -0.620. The van der Waals surface area contributed by atoms with Gasteiger partial charge in [-0.2, -0.15) is 0 Å². The molecule has 0 bridgehead atoms. The molecule has 0 atom stereocenters. The monoisotopic (exact) mass is 489 g/mol. The van der Waals surface area contributed by atoms with Gasteiger partial charge < -0.3 is 9.04 Å². The van der Waals surface area contributed by atoms with Crippen molar-refractivity contribution >= 4 is 21.7 Å². The summed E-state index contributed by atoms with van der Waals surface area (Å²) in [6.07, 6.45) is 15.0. The highest BCUT2D eigenvalue weighted by molar-refractivity contribution is 7.85. The first kappa shape index (κ1) is 31.4. The lowest BCUT2D eigenvalue weighted by molar-refractivity contribution is -0.929. The van der Waals surface area contributed by atoms with Gasteiger partial charge in [0.1, 0.15) is 10.1 Å². The van der Waals surface area contributed by atoms with Crippen molar-refractivity contribution in [2.45, 2.75) is 103 Å². The van der Waals surface area contributed by atoms with Gasteiger partial charge in [-0.3, -0.25) is 0 Å². The summed E-state index contributed by atoms with van der Waals surface area (Å²) in [4.78, 5) is -0.178. The molecule has 0 amide bonds. The highest BCUT2D eigenvalue weighted by Crippen LogP contribution is 2.18. The van der Waals surface area contributed by atoms with Crippen molar-refractivity contribution in [1.82, 2.24) is 0 Å². The number of benzene rings is 1. The molecule has 0 aliphatic carbocycles. The zero-order chi connectivity index (χ0) is 24.3. The first-order valence-corrected chi connectivity index (χ1v) is 14.6. The maximum absolute atomic E-state index is 10.4. The molecule has 0 fully saturated rings. The standard InChI is InChI=1S/C19H41ClN.C7H8O3S/c1-4-7-11-16-21(17-12-8-5-2,18-13-9-6-3)19-14-10-15-20;1-6-2-4-7(5-3-6)11(8,9)10/h4-19H2,1-3H3;2-5H,1H3,(H,8,9,10)/q+1;/p-1. The smallest absolute Gasteiger partial charge is 0.124 e. The number of rotatable bonds is 17. The minimum Gasteiger partial charge on any atom is -0.744 e. The maximum atomic E-state index is 10.4. The fourth-order valence-corrected chi connectivity index (χ4v) is 4.67. The summed E-state index contributed by atoms with van der Waals surface area (Å²) >= 11 is 5.90. The lowest BCUT2D eigenvalue weighted by Gasteiger charge is -2.39. The first-order chi connectivity index (χ1) is 15.2. The van der Waals surface area contributed by atoms with Crippen LogP contribution in [0.3, 0.4) is 0 Å². The summed E-state index contributed by atoms with van der Waals surface area (Å²) < 4.78 is 32.6. The van der Waals surface area contributed by atoms with E-state index in [1.807, 2.05) is 6.92 Å². The summed E-state index contributed by atoms with van der Waals surface area (Å²) in [5, 5.41) is 0. The minimum atomic E-state index is -4.27. The van der Waals surface area contributed by atoms with Crippen molar-refractivity contribution in [3.8, 4) is 0 Å². The molecule has 0 spiro atoms. The lowest BCUT2D eigenvalue weighted by atomic mass is 10.1. The normalized spacial score (nSPS) is 11.8. The lowest BCUT2D eigenvalue weighted by Crippen LogP contribution is -2.50. The third-order valence-electron chi connectivity index (χ3n) is 6.03. The maximum Gasteiger partial charge on any atom is 0.124 e. The molecule has 6 heteroatoms. The summed E-state index contributed by atoms with van der Waals surface area (Å²) in [6, 6.07) is 5.78. The molecule has 32 heavy (non-hydrogen) atoms. The van der Waals surface area contributed by atoms with Crippen LogP contribution in [-0.2, 0) is 10.1 Å². The Morgan fingerprint density at radius 2 is 1.09 bits per heavy atom. The van der Waals surface area contributed by atoms with Gasteiger partial charge in [-0.15, -0.1) is 11.6 Å². The van der Waals surface area contributed by atoms with Crippen LogP contribution in [0.15, 0.2) is 29.2 Å². The first-order valence-electron chi connectivity index (χ1n) is 12.7. The molecular formula is C26H48ClNO3S. The predicted molar refractivity (Wildman–Crippen MR) is 137 cm³/mol. The van der Waals surface area contributed by atoms with Gasteiger partial charge in [0.15, 0.2) is 0 Å². The van der Waals surface area contributed by atoms with Gasteiger partial charge >= 0.3 is 0 Å². The second-order valence-electron chi connectivity index (χ2n) is 9.02. The van der Waals surface area contributed by atoms with Crippen molar-refractivity contribution in [2.24, 2.45) is 0 Å². The molecule has 0 radical (unpaired) electrons. The van der Waals surface area contributed by atoms with Crippen LogP contribution >= 0.6 is 11.6 Å². The van der Waals surface area contributed by atoms with E-state index < -0.39 is 10.1 Å². The van der Waals surface area contributed by atoms with Crippen molar-refractivity contribution in [3.05, 3.63) is 29.8 Å². The van der Waals surface area contributed by atoms with Crippen LogP contribution in [0.2, 0.25) is 0 Å². The molecule has 4 nitrogen and oxygen atoms in total. The second-order valence-corrected chi connectivity index (χ2v) is 10.8. The van der Waals surface area contributed by atoms with E-state index in [9.17, 15) is 13.0 Å². The summed E-state index contributed by atoms with van der Waals surface area (Å²) in [5.41, 5.74) is 0.928. The number of quaternary nitrogens is 1. The van der Waals surface area contributed by atoms with Gasteiger partial charge in [0.05, 0.1) is 31.1 Å². The fourth-order valence-electron chi connectivity index (χ4n) is 4.01. The van der Waals surface area contributed by atoms with Crippen molar-refractivity contribution in [2.75, 3.05) is 32.1 Å². The number of aryl methyl sites for hydroxylation is 1. The Morgan fingerprint density at radius 1 is 0.719 bits per heavy atom. The van der Waals surface area contributed by atoms with E-state index in [0.29, 0.717) is 0 Å². The number of hydrogen-bond acceptors (Lipinski definition) is 3. The van der Waals surface area contributed by atoms with Crippen molar-refractivity contribution < 1.29 is 17.5 Å². The molecule has 0 saturated carbocycles. The van der Waals surface area contributed by atoms with E-state index in [0.717, 1.165) is 11.4 Å². The zero-order valence-corrected chi connectivity index (χ0v) is 22.7. The Labute approximate surface area is 204 Å². The molecule has 0 aliphatic heterocycles. The summed E-state index contributed by atoms with van der Waals surface area (Å²) in [7, 11) is -4.27. The van der Waals surface area contributed by atoms with Crippen molar-refractivity contribution in [3.63, 3.8) is 0 Å².